The SMILES string of the molecule is c1cnc2[nH]cc(CNCc3ccn[nH]3)c2c1. The molecule has 0 amide bonds. The number of nitrogens with one attached hydrogen (secondary N) is 3. The normalized spacial score (nSPS) is 11.1. The second kappa shape index (κ2) is 4.39. The van der Waals surface area contributed by atoms with Crippen LogP contribution in [0.25, 0.3) is 11.0 Å². The molecule has 0 aliphatic carbocycles. The number of pyridine rings is 1. The van der Waals surface area contributed by atoms with Crippen molar-refractivity contribution in [2.75, 3.05) is 0 Å². The molecule has 3 heterocycles. The molecule has 3 aromatic heterocycles. The molecule has 5 nitrogen and oxygen atoms in total. The maximum absolute atomic E-state index is 4.26. The lowest BCUT2D eigenvalue weighted by molar-refractivity contribution is 0.680. The standard InChI is InChI=1S/C12H13N5/c1-2-11-9(7-15-12(11)14-4-1)6-13-8-10-3-5-16-17-10/h1-5,7,13H,6,8H2,(H,14,15)(H,16,17). The molecule has 17 heavy (non-hydrogen) atoms. The van der Waals surface area contributed by atoms with Crippen LogP contribution in [0.5, 0.6) is 0 Å². The molecule has 0 saturated heterocycles. The monoisotopic (exact) mass is 227 g/mol. The van der Waals surface area contributed by atoms with Gasteiger partial charge in [-0.25, -0.2) is 4.98 Å². The minimum Gasteiger partial charge on any atom is -0.346 e. The van der Waals surface area contributed by atoms with Gasteiger partial charge in [0.15, 0.2) is 0 Å². The zero-order chi connectivity index (χ0) is 11.5. The van der Waals surface area contributed by atoms with Crippen LogP contribution >= 0.6 is 0 Å². The molecule has 0 unspecified atom stereocenters. The molecule has 0 fully saturated rings. The Morgan fingerprint density at radius 1 is 1.18 bits per heavy atom. The van der Waals surface area contributed by atoms with Crippen LogP contribution in [0.1, 0.15) is 11.3 Å². The summed E-state index contributed by atoms with van der Waals surface area (Å²) in [6, 6.07) is 5.99. The van der Waals surface area contributed by atoms with E-state index in [9.17, 15) is 0 Å². The van der Waals surface area contributed by atoms with E-state index in [2.05, 4.69) is 31.5 Å². The smallest absolute Gasteiger partial charge is 0.137 e. The van der Waals surface area contributed by atoms with Gasteiger partial charge in [-0.15, -0.1) is 0 Å². The number of H-pyrrole nitrogens is 2. The van der Waals surface area contributed by atoms with Crippen molar-refractivity contribution in [2.45, 2.75) is 13.1 Å². The highest BCUT2D eigenvalue weighted by Gasteiger charge is 2.03. The van der Waals surface area contributed by atoms with Crippen molar-refractivity contribution in [2.24, 2.45) is 0 Å². The zero-order valence-electron chi connectivity index (χ0n) is 9.27. The van der Waals surface area contributed by atoms with E-state index in [-0.39, 0.29) is 0 Å². The van der Waals surface area contributed by atoms with Crippen LogP contribution in [0, 0.1) is 0 Å². The van der Waals surface area contributed by atoms with Gasteiger partial charge >= 0.3 is 0 Å². The van der Waals surface area contributed by atoms with Gasteiger partial charge in [0.1, 0.15) is 5.65 Å². The Morgan fingerprint density at radius 2 is 2.18 bits per heavy atom. The Kier molecular flexibility index (Phi) is 2.59. The van der Waals surface area contributed by atoms with Gasteiger partial charge in [0, 0.05) is 42.8 Å². The minimum atomic E-state index is 0.785. The maximum Gasteiger partial charge on any atom is 0.137 e. The van der Waals surface area contributed by atoms with E-state index in [0.29, 0.717) is 0 Å². The Morgan fingerprint density at radius 3 is 3.06 bits per heavy atom. The summed E-state index contributed by atoms with van der Waals surface area (Å²) >= 11 is 0. The van der Waals surface area contributed by atoms with Gasteiger partial charge in [0.2, 0.25) is 0 Å². The third-order valence-electron chi connectivity index (χ3n) is 2.73. The van der Waals surface area contributed by atoms with Crippen molar-refractivity contribution < 1.29 is 0 Å². The molecule has 3 N–H and O–H groups in total. The van der Waals surface area contributed by atoms with Gasteiger partial charge in [-0.1, -0.05) is 0 Å². The molecule has 0 spiro atoms. The first-order valence-corrected chi connectivity index (χ1v) is 5.53. The largest absolute Gasteiger partial charge is 0.346 e. The molecule has 5 heteroatoms. The number of hydrogen-bond acceptors (Lipinski definition) is 3. The van der Waals surface area contributed by atoms with E-state index >= 15 is 0 Å². The van der Waals surface area contributed by atoms with Crippen molar-refractivity contribution in [1.29, 1.82) is 0 Å². The Bertz CT molecular complexity index is 596. The summed E-state index contributed by atoms with van der Waals surface area (Å²) in [7, 11) is 0. The lowest BCUT2D eigenvalue weighted by atomic mass is 10.2. The molecule has 0 aliphatic heterocycles. The van der Waals surface area contributed by atoms with Crippen LogP contribution in [-0.2, 0) is 13.1 Å². The zero-order valence-corrected chi connectivity index (χ0v) is 9.27. The average Bonchev–Trinajstić information content (AvgIpc) is 2.99. The van der Waals surface area contributed by atoms with Crippen LogP contribution in [0.3, 0.4) is 0 Å². The Labute approximate surface area is 98.3 Å². The molecule has 0 aliphatic rings. The highest BCUT2D eigenvalue weighted by Crippen LogP contribution is 2.15. The predicted molar refractivity (Wildman–Crippen MR) is 65.2 cm³/mol. The number of fused-ring (bicyclic) bond motifs is 1. The molecule has 86 valence electrons. The molecule has 0 aromatic carbocycles. The van der Waals surface area contributed by atoms with E-state index in [1.54, 1.807) is 12.4 Å². The number of nitrogens with zero attached hydrogens (tertiary/aromatic N) is 2. The molecule has 0 bridgehead atoms. The van der Waals surface area contributed by atoms with E-state index in [4.69, 9.17) is 0 Å². The first-order chi connectivity index (χ1) is 8.43. The number of hydrogen-bond donors (Lipinski definition) is 3. The van der Waals surface area contributed by atoms with E-state index in [1.165, 1.54) is 10.9 Å². The minimum absolute atomic E-state index is 0.785. The van der Waals surface area contributed by atoms with Crippen LogP contribution in [0.15, 0.2) is 36.8 Å². The maximum atomic E-state index is 4.26. The second-order valence-electron chi connectivity index (χ2n) is 3.90. The van der Waals surface area contributed by atoms with Gasteiger partial charge in [-0.05, 0) is 23.8 Å². The second-order valence-corrected chi connectivity index (χ2v) is 3.90. The summed E-state index contributed by atoms with van der Waals surface area (Å²) in [5, 5.41) is 11.4. The highest BCUT2D eigenvalue weighted by atomic mass is 15.1. The summed E-state index contributed by atoms with van der Waals surface area (Å²) in [5.41, 5.74) is 3.25. The third kappa shape index (κ3) is 2.05. The quantitative estimate of drug-likeness (QED) is 0.633. The molecule has 3 rings (SSSR count). The Hall–Kier alpha value is -2.14. The molecule has 3 aromatic rings. The first-order valence-electron chi connectivity index (χ1n) is 5.53. The van der Waals surface area contributed by atoms with E-state index in [1.807, 2.05) is 18.3 Å². The number of aromatic nitrogens is 4. The fourth-order valence-electron chi connectivity index (χ4n) is 1.87. The average molecular weight is 227 g/mol. The molecule has 0 saturated carbocycles. The number of rotatable bonds is 4. The summed E-state index contributed by atoms with van der Waals surface area (Å²) in [4.78, 5) is 7.42. The van der Waals surface area contributed by atoms with Gasteiger partial charge in [-0.2, -0.15) is 5.10 Å². The summed E-state index contributed by atoms with van der Waals surface area (Å²) < 4.78 is 0. The highest BCUT2D eigenvalue weighted by molar-refractivity contribution is 5.79. The Balaban J connectivity index is 1.69. The lowest BCUT2D eigenvalue weighted by Gasteiger charge is -2.01. The lowest BCUT2D eigenvalue weighted by Crippen LogP contribution is -2.12. The molecule has 0 radical (unpaired) electrons. The van der Waals surface area contributed by atoms with Gasteiger partial charge in [-0.3, -0.25) is 5.10 Å². The molecular formula is C12H13N5. The summed E-state index contributed by atoms with van der Waals surface area (Å²) in [6.45, 7) is 1.59. The van der Waals surface area contributed by atoms with Crippen LogP contribution in [0.2, 0.25) is 0 Å². The van der Waals surface area contributed by atoms with Crippen LogP contribution < -0.4 is 5.32 Å². The summed E-state index contributed by atoms with van der Waals surface area (Å²) in [6.07, 6.45) is 5.55. The van der Waals surface area contributed by atoms with Crippen LogP contribution in [0.4, 0.5) is 0 Å². The fraction of sp³-hybridized carbons (Fsp3) is 0.167. The third-order valence-corrected chi connectivity index (χ3v) is 2.73. The molecular weight excluding hydrogens is 214 g/mol. The number of aromatic amines is 2. The topological polar surface area (TPSA) is 69.4 Å². The van der Waals surface area contributed by atoms with Gasteiger partial charge in [0.05, 0.1) is 0 Å². The van der Waals surface area contributed by atoms with Crippen molar-refractivity contribution in [3.63, 3.8) is 0 Å². The van der Waals surface area contributed by atoms with E-state index in [0.717, 1.165) is 24.4 Å². The first kappa shape index (κ1) is 10.0. The van der Waals surface area contributed by atoms with Crippen molar-refractivity contribution in [3.05, 3.63) is 48.0 Å². The van der Waals surface area contributed by atoms with Crippen molar-refractivity contribution in [1.82, 2.24) is 25.5 Å². The molecule has 0 atom stereocenters. The van der Waals surface area contributed by atoms with E-state index < -0.39 is 0 Å². The van der Waals surface area contributed by atoms with Crippen molar-refractivity contribution >= 4 is 11.0 Å². The van der Waals surface area contributed by atoms with Crippen molar-refractivity contribution in [3.8, 4) is 0 Å². The van der Waals surface area contributed by atoms with Gasteiger partial charge < -0.3 is 10.3 Å². The summed E-state index contributed by atoms with van der Waals surface area (Å²) in [5.74, 6) is 0. The fourth-order valence-corrected chi connectivity index (χ4v) is 1.87. The van der Waals surface area contributed by atoms with Gasteiger partial charge in [0.25, 0.3) is 0 Å². The van der Waals surface area contributed by atoms with Crippen LogP contribution in [-0.4, -0.2) is 20.2 Å². The predicted octanol–water partition coefficient (Wildman–Crippen LogP) is 1.58.